The first-order chi connectivity index (χ1) is 16.7. The van der Waals surface area contributed by atoms with Crippen molar-refractivity contribution in [1.29, 1.82) is 0 Å². The SMILES string of the molecule is COc1cccc(-c2nnc3ccc(OCCNC(=O)c4csc(-c5ccccc5)n4)nn23)c1. The average molecular weight is 473 g/mol. The number of benzene rings is 2. The molecule has 3 heterocycles. The topological polar surface area (TPSA) is 104 Å². The van der Waals surface area contributed by atoms with E-state index in [4.69, 9.17) is 9.47 Å². The molecule has 0 atom stereocenters. The second kappa shape index (κ2) is 9.67. The van der Waals surface area contributed by atoms with Crippen LogP contribution in [0, 0.1) is 0 Å². The predicted octanol–water partition coefficient (Wildman–Crippen LogP) is 3.73. The number of nitrogens with zero attached hydrogens (tertiary/aromatic N) is 5. The Morgan fingerprint density at radius 1 is 1.03 bits per heavy atom. The number of carbonyl (C=O) groups excluding carboxylic acids is 1. The van der Waals surface area contributed by atoms with Crippen molar-refractivity contribution in [3.63, 3.8) is 0 Å². The standard InChI is InChI=1S/C24H20N6O3S/c1-32-18-9-5-8-17(14-18)22-28-27-20-10-11-21(29-30(20)22)33-13-12-25-23(31)19-15-34-24(26-19)16-6-3-2-4-7-16/h2-11,14-15H,12-13H2,1H3,(H,25,31). The summed E-state index contributed by atoms with van der Waals surface area (Å²) in [6.45, 7) is 0.554. The van der Waals surface area contributed by atoms with Crippen LogP contribution in [0.25, 0.3) is 27.6 Å². The fraction of sp³-hybridized carbons (Fsp3) is 0.125. The summed E-state index contributed by atoms with van der Waals surface area (Å²) in [5.41, 5.74) is 2.78. The molecule has 5 rings (SSSR count). The Balaban J connectivity index is 1.20. The van der Waals surface area contributed by atoms with Crippen LogP contribution in [0.1, 0.15) is 10.5 Å². The van der Waals surface area contributed by atoms with Gasteiger partial charge in [-0.05, 0) is 18.2 Å². The Bertz CT molecular complexity index is 1430. The molecule has 0 aliphatic carbocycles. The summed E-state index contributed by atoms with van der Waals surface area (Å²) in [6.07, 6.45) is 0. The van der Waals surface area contributed by atoms with E-state index in [1.807, 2.05) is 54.6 Å². The maximum absolute atomic E-state index is 12.4. The molecule has 0 radical (unpaired) electrons. The summed E-state index contributed by atoms with van der Waals surface area (Å²) < 4.78 is 12.6. The number of hydrogen-bond acceptors (Lipinski definition) is 8. The molecule has 0 aliphatic rings. The van der Waals surface area contributed by atoms with Crippen LogP contribution in [0.4, 0.5) is 0 Å². The average Bonchev–Trinajstić information content (AvgIpc) is 3.55. The number of thiazole rings is 1. The van der Waals surface area contributed by atoms with Crippen LogP contribution in [0.2, 0.25) is 0 Å². The zero-order chi connectivity index (χ0) is 23.3. The monoisotopic (exact) mass is 472 g/mol. The number of methoxy groups -OCH3 is 1. The maximum atomic E-state index is 12.4. The van der Waals surface area contributed by atoms with E-state index in [1.165, 1.54) is 11.3 Å². The second-order valence-corrected chi connectivity index (χ2v) is 8.06. The lowest BCUT2D eigenvalue weighted by atomic mass is 10.2. The van der Waals surface area contributed by atoms with Crippen molar-refractivity contribution in [3.8, 4) is 33.6 Å². The molecule has 0 fully saturated rings. The van der Waals surface area contributed by atoms with Crippen LogP contribution >= 0.6 is 11.3 Å². The van der Waals surface area contributed by atoms with Crippen molar-refractivity contribution in [2.75, 3.05) is 20.3 Å². The fourth-order valence-corrected chi connectivity index (χ4v) is 4.10. The van der Waals surface area contributed by atoms with Gasteiger partial charge in [0.2, 0.25) is 5.88 Å². The van der Waals surface area contributed by atoms with Gasteiger partial charge < -0.3 is 14.8 Å². The number of nitrogens with one attached hydrogen (secondary N) is 1. The molecule has 0 aliphatic heterocycles. The number of amides is 1. The van der Waals surface area contributed by atoms with E-state index >= 15 is 0 Å². The minimum absolute atomic E-state index is 0.246. The van der Waals surface area contributed by atoms with Crippen molar-refractivity contribution in [1.82, 2.24) is 30.1 Å². The highest BCUT2D eigenvalue weighted by Gasteiger charge is 2.13. The molecule has 1 N–H and O–H groups in total. The zero-order valence-electron chi connectivity index (χ0n) is 18.2. The number of fused-ring (bicyclic) bond motifs is 1. The Morgan fingerprint density at radius 2 is 1.88 bits per heavy atom. The summed E-state index contributed by atoms with van der Waals surface area (Å²) >= 11 is 1.44. The van der Waals surface area contributed by atoms with Crippen molar-refractivity contribution in [2.45, 2.75) is 0 Å². The first-order valence-electron chi connectivity index (χ1n) is 10.5. The minimum Gasteiger partial charge on any atom is -0.497 e. The van der Waals surface area contributed by atoms with Crippen LogP contribution in [0.3, 0.4) is 0 Å². The summed E-state index contributed by atoms with van der Waals surface area (Å²) in [5.74, 6) is 1.44. The van der Waals surface area contributed by atoms with E-state index in [-0.39, 0.29) is 12.5 Å². The lowest BCUT2D eigenvalue weighted by Gasteiger charge is -2.07. The normalized spacial score (nSPS) is 10.9. The summed E-state index contributed by atoms with van der Waals surface area (Å²) in [5, 5.41) is 18.3. The molecule has 0 saturated heterocycles. The van der Waals surface area contributed by atoms with Gasteiger partial charge in [-0.2, -0.15) is 4.52 Å². The van der Waals surface area contributed by atoms with E-state index in [9.17, 15) is 4.79 Å². The van der Waals surface area contributed by atoms with Crippen molar-refractivity contribution in [2.24, 2.45) is 0 Å². The van der Waals surface area contributed by atoms with Gasteiger partial charge in [0.15, 0.2) is 11.5 Å². The van der Waals surface area contributed by atoms with Gasteiger partial charge in [-0.25, -0.2) is 4.98 Å². The molecular formula is C24H20N6O3S. The highest BCUT2D eigenvalue weighted by molar-refractivity contribution is 7.13. The second-order valence-electron chi connectivity index (χ2n) is 7.21. The molecule has 0 spiro atoms. The van der Waals surface area contributed by atoms with Gasteiger partial charge in [0.05, 0.1) is 13.7 Å². The molecule has 0 saturated carbocycles. The van der Waals surface area contributed by atoms with Crippen LogP contribution < -0.4 is 14.8 Å². The number of ether oxygens (including phenoxy) is 2. The zero-order valence-corrected chi connectivity index (χ0v) is 19.0. The van der Waals surface area contributed by atoms with Crippen molar-refractivity contribution < 1.29 is 14.3 Å². The van der Waals surface area contributed by atoms with Crippen LogP contribution in [-0.2, 0) is 0 Å². The molecule has 170 valence electrons. The van der Waals surface area contributed by atoms with Gasteiger partial charge in [0.1, 0.15) is 23.1 Å². The highest BCUT2D eigenvalue weighted by Crippen LogP contribution is 2.24. The third kappa shape index (κ3) is 4.57. The van der Waals surface area contributed by atoms with Gasteiger partial charge in [0.25, 0.3) is 5.91 Å². The molecule has 0 unspecified atom stereocenters. The lowest BCUT2D eigenvalue weighted by molar-refractivity contribution is 0.0942. The Morgan fingerprint density at radius 3 is 2.74 bits per heavy atom. The van der Waals surface area contributed by atoms with Crippen LogP contribution in [-0.4, -0.2) is 51.0 Å². The van der Waals surface area contributed by atoms with E-state index in [1.54, 1.807) is 29.1 Å². The number of hydrogen-bond donors (Lipinski definition) is 1. The summed E-state index contributed by atoms with van der Waals surface area (Å²) in [4.78, 5) is 16.8. The van der Waals surface area contributed by atoms with Gasteiger partial charge in [-0.15, -0.1) is 26.6 Å². The summed E-state index contributed by atoms with van der Waals surface area (Å²) in [7, 11) is 1.61. The number of rotatable bonds is 8. The molecule has 2 aromatic carbocycles. The Hall–Kier alpha value is -4.31. The first-order valence-corrected chi connectivity index (χ1v) is 11.4. The van der Waals surface area contributed by atoms with Crippen molar-refractivity contribution in [3.05, 3.63) is 77.8 Å². The quantitative estimate of drug-likeness (QED) is 0.343. The Labute approximate surface area is 199 Å². The van der Waals surface area contributed by atoms with Gasteiger partial charge in [0, 0.05) is 22.6 Å². The Kier molecular flexibility index (Phi) is 6.13. The number of carbonyl (C=O) groups is 1. The van der Waals surface area contributed by atoms with Crippen molar-refractivity contribution >= 4 is 22.9 Å². The molecule has 1 amide bonds. The molecule has 10 heteroatoms. The fourth-order valence-electron chi connectivity index (χ4n) is 3.29. The van der Waals surface area contributed by atoms with E-state index < -0.39 is 0 Å². The lowest BCUT2D eigenvalue weighted by Crippen LogP contribution is -2.28. The van der Waals surface area contributed by atoms with Gasteiger partial charge in [-0.3, -0.25) is 4.79 Å². The third-order valence-corrected chi connectivity index (χ3v) is 5.85. The van der Waals surface area contributed by atoms with Gasteiger partial charge >= 0.3 is 0 Å². The predicted molar refractivity (Wildman–Crippen MR) is 128 cm³/mol. The molecule has 9 nitrogen and oxygen atoms in total. The molecular weight excluding hydrogens is 452 g/mol. The molecule has 5 aromatic rings. The molecule has 34 heavy (non-hydrogen) atoms. The largest absolute Gasteiger partial charge is 0.497 e. The first kappa shape index (κ1) is 21.5. The number of aromatic nitrogens is 5. The van der Waals surface area contributed by atoms with E-state index in [2.05, 4.69) is 25.6 Å². The molecule has 0 bridgehead atoms. The van der Waals surface area contributed by atoms with Gasteiger partial charge in [-0.1, -0.05) is 42.5 Å². The highest BCUT2D eigenvalue weighted by atomic mass is 32.1. The third-order valence-electron chi connectivity index (χ3n) is 4.96. The summed E-state index contributed by atoms with van der Waals surface area (Å²) in [6, 6.07) is 20.8. The minimum atomic E-state index is -0.246. The maximum Gasteiger partial charge on any atom is 0.270 e. The molecule has 3 aromatic heterocycles. The van der Waals surface area contributed by atoms with E-state index in [0.717, 1.165) is 16.1 Å². The van der Waals surface area contributed by atoms with Crippen LogP contribution in [0.15, 0.2) is 72.1 Å². The van der Waals surface area contributed by atoms with E-state index in [0.29, 0.717) is 35.3 Å². The smallest absolute Gasteiger partial charge is 0.270 e. The van der Waals surface area contributed by atoms with Crippen LogP contribution in [0.5, 0.6) is 11.6 Å².